The zero-order chi connectivity index (χ0) is 11.5. The highest BCUT2D eigenvalue weighted by Gasteiger charge is 2.34. The number of anilines is 1. The minimum atomic E-state index is 0.0445. The molecule has 1 aromatic rings. The fourth-order valence-corrected chi connectivity index (χ4v) is 2.12. The van der Waals surface area contributed by atoms with Crippen molar-refractivity contribution in [3.8, 4) is 0 Å². The summed E-state index contributed by atoms with van der Waals surface area (Å²) in [5, 5.41) is 0.411. The Morgan fingerprint density at radius 3 is 2.25 bits per heavy atom. The summed E-state index contributed by atoms with van der Waals surface area (Å²) in [6, 6.07) is 0. The highest BCUT2D eigenvalue weighted by Crippen LogP contribution is 2.25. The van der Waals surface area contributed by atoms with E-state index >= 15 is 0 Å². The third-order valence-corrected chi connectivity index (χ3v) is 3.02. The average Bonchev–Trinajstić information content (AvgIpc) is 2.72. The van der Waals surface area contributed by atoms with E-state index in [0.29, 0.717) is 24.1 Å². The summed E-state index contributed by atoms with van der Waals surface area (Å²) >= 11 is 5.99. The van der Waals surface area contributed by atoms with E-state index < -0.39 is 0 Å². The lowest BCUT2D eigenvalue weighted by molar-refractivity contribution is -0.00461. The SMILES string of the molecule is CO[C@H]1CN(c2nccnc2Cl)C[C@@H]1OC. The molecule has 0 saturated carbocycles. The van der Waals surface area contributed by atoms with Crippen molar-refractivity contribution in [3.05, 3.63) is 17.5 Å². The van der Waals surface area contributed by atoms with E-state index in [-0.39, 0.29) is 12.2 Å². The van der Waals surface area contributed by atoms with Gasteiger partial charge in [-0.25, -0.2) is 9.97 Å². The molecule has 2 atom stereocenters. The predicted molar refractivity (Wildman–Crippen MR) is 60.8 cm³/mol. The number of hydrogen-bond donors (Lipinski definition) is 0. The molecule has 0 N–H and O–H groups in total. The average molecular weight is 244 g/mol. The molecule has 5 nitrogen and oxygen atoms in total. The topological polar surface area (TPSA) is 47.5 Å². The Bertz CT molecular complexity index is 352. The molecule has 0 aliphatic carbocycles. The van der Waals surface area contributed by atoms with Gasteiger partial charge in [0.05, 0.1) is 0 Å². The molecule has 2 heterocycles. The fourth-order valence-electron chi connectivity index (χ4n) is 1.90. The maximum atomic E-state index is 5.99. The van der Waals surface area contributed by atoms with Gasteiger partial charge in [0.25, 0.3) is 0 Å². The number of ether oxygens (including phenoxy) is 2. The van der Waals surface area contributed by atoms with Gasteiger partial charge in [-0.05, 0) is 0 Å². The third kappa shape index (κ3) is 2.11. The monoisotopic (exact) mass is 243 g/mol. The van der Waals surface area contributed by atoms with Gasteiger partial charge in [-0.15, -0.1) is 0 Å². The summed E-state index contributed by atoms with van der Waals surface area (Å²) in [5.74, 6) is 0.686. The number of methoxy groups -OCH3 is 2. The summed E-state index contributed by atoms with van der Waals surface area (Å²) < 4.78 is 10.7. The molecular weight excluding hydrogens is 230 g/mol. The van der Waals surface area contributed by atoms with Crippen LogP contribution in [0.15, 0.2) is 12.4 Å². The zero-order valence-corrected chi connectivity index (χ0v) is 10.0. The second kappa shape index (κ2) is 4.95. The Morgan fingerprint density at radius 1 is 1.19 bits per heavy atom. The van der Waals surface area contributed by atoms with Crippen molar-refractivity contribution in [3.63, 3.8) is 0 Å². The number of halogens is 1. The van der Waals surface area contributed by atoms with Crippen molar-refractivity contribution < 1.29 is 9.47 Å². The van der Waals surface area contributed by atoms with Crippen LogP contribution in [0.4, 0.5) is 5.82 Å². The Balaban J connectivity index is 2.16. The third-order valence-electron chi connectivity index (χ3n) is 2.76. The first-order chi connectivity index (χ1) is 7.76. The molecule has 1 fully saturated rings. The van der Waals surface area contributed by atoms with Gasteiger partial charge in [0.15, 0.2) is 11.0 Å². The molecule has 6 heteroatoms. The van der Waals surface area contributed by atoms with Crippen LogP contribution in [-0.2, 0) is 9.47 Å². The summed E-state index contributed by atoms with van der Waals surface area (Å²) in [7, 11) is 3.36. The second-order valence-corrected chi connectivity index (χ2v) is 3.98. The Labute approximate surface area is 99.3 Å². The molecule has 0 radical (unpaired) electrons. The molecule has 1 aliphatic heterocycles. The van der Waals surface area contributed by atoms with Gasteiger partial charge in [0.2, 0.25) is 0 Å². The van der Waals surface area contributed by atoms with Gasteiger partial charge < -0.3 is 14.4 Å². The number of rotatable bonds is 3. The second-order valence-electron chi connectivity index (χ2n) is 3.62. The van der Waals surface area contributed by atoms with Gasteiger partial charge in [-0.2, -0.15) is 0 Å². The van der Waals surface area contributed by atoms with E-state index in [1.165, 1.54) is 0 Å². The number of aromatic nitrogens is 2. The first-order valence-electron chi connectivity index (χ1n) is 5.03. The Morgan fingerprint density at radius 2 is 1.75 bits per heavy atom. The van der Waals surface area contributed by atoms with Crippen molar-refractivity contribution in [1.82, 2.24) is 9.97 Å². The van der Waals surface area contributed by atoms with E-state index in [1.54, 1.807) is 26.6 Å². The molecule has 16 heavy (non-hydrogen) atoms. The predicted octanol–water partition coefficient (Wildman–Crippen LogP) is 0.980. The molecule has 88 valence electrons. The van der Waals surface area contributed by atoms with Gasteiger partial charge in [-0.1, -0.05) is 11.6 Å². The van der Waals surface area contributed by atoms with Gasteiger partial charge in [0, 0.05) is 39.7 Å². The van der Waals surface area contributed by atoms with E-state index in [9.17, 15) is 0 Å². The molecular formula is C10H14ClN3O2. The van der Waals surface area contributed by atoms with Crippen LogP contribution in [0.3, 0.4) is 0 Å². The van der Waals surface area contributed by atoms with Crippen LogP contribution in [-0.4, -0.2) is 49.5 Å². The van der Waals surface area contributed by atoms with Crippen molar-refractivity contribution in [1.29, 1.82) is 0 Å². The van der Waals surface area contributed by atoms with Crippen molar-refractivity contribution in [2.75, 3.05) is 32.2 Å². The highest BCUT2D eigenvalue weighted by molar-refractivity contribution is 6.31. The first-order valence-corrected chi connectivity index (χ1v) is 5.41. The fraction of sp³-hybridized carbons (Fsp3) is 0.600. The molecule has 1 aliphatic rings. The Hall–Kier alpha value is -0.910. The maximum absolute atomic E-state index is 5.99. The van der Waals surface area contributed by atoms with Crippen LogP contribution in [0, 0.1) is 0 Å². The van der Waals surface area contributed by atoms with Gasteiger partial charge in [-0.3, -0.25) is 0 Å². The normalized spacial score (nSPS) is 25.1. The van der Waals surface area contributed by atoms with E-state index in [4.69, 9.17) is 21.1 Å². The summed E-state index contributed by atoms with van der Waals surface area (Å²) in [5.41, 5.74) is 0. The van der Waals surface area contributed by atoms with Crippen LogP contribution in [0.5, 0.6) is 0 Å². The molecule has 0 unspecified atom stereocenters. The molecule has 1 aromatic heterocycles. The lowest BCUT2D eigenvalue weighted by atomic mass is 10.3. The minimum Gasteiger partial charge on any atom is -0.377 e. The quantitative estimate of drug-likeness (QED) is 0.792. The highest BCUT2D eigenvalue weighted by atomic mass is 35.5. The summed E-state index contributed by atoms with van der Waals surface area (Å²) in [6.45, 7) is 1.43. The van der Waals surface area contributed by atoms with Crippen molar-refractivity contribution in [2.45, 2.75) is 12.2 Å². The van der Waals surface area contributed by atoms with Gasteiger partial charge in [0.1, 0.15) is 12.2 Å². The van der Waals surface area contributed by atoms with Crippen LogP contribution < -0.4 is 4.90 Å². The lowest BCUT2D eigenvalue weighted by Crippen LogP contribution is -2.27. The van der Waals surface area contributed by atoms with Gasteiger partial charge >= 0.3 is 0 Å². The molecule has 1 saturated heterocycles. The van der Waals surface area contributed by atoms with E-state index in [0.717, 1.165) is 0 Å². The van der Waals surface area contributed by atoms with Crippen LogP contribution in [0.25, 0.3) is 0 Å². The molecule has 0 bridgehead atoms. The summed E-state index contributed by atoms with van der Waals surface area (Å²) in [6.07, 6.45) is 3.29. The van der Waals surface area contributed by atoms with E-state index in [1.807, 2.05) is 4.90 Å². The maximum Gasteiger partial charge on any atom is 0.171 e. The molecule has 2 rings (SSSR count). The smallest absolute Gasteiger partial charge is 0.171 e. The minimum absolute atomic E-state index is 0.0445. The first kappa shape index (κ1) is 11.6. The number of nitrogens with zero attached hydrogens (tertiary/aromatic N) is 3. The molecule has 0 amide bonds. The van der Waals surface area contributed by atoms with Crippen LogP contribution in [0.2, 0.25) is 5.15 Å². The van der Waals surface area contributed by atoms with Crippen LogP contribution >= 0.6 is 11.6 Å². The van der Waals surface area contributed by atoms with E-state index in [2.05, 4.69) is 9.97 Å². The van der Waals surface area contributed by atoms with Crippen LogP contribution in [0.1, 0.15) is 0 Å². The molecule has 0 spiro atoms. The van der Waals surface area contributed by atoms with Crippen molar-refractivity contribution in [2.24, 2.45) is 0 Å². The number of hydrogen-bond acceptors (Lipinski definition) is 5. The van der Waals surface area contributed by atoms with Crippen molar-refractivity contribution >= 4 is 17.4 Å². The largest absolute Gasteiger partial charge is 0.377 e. The lowest BCUT2D eigenvalue weighted by Gasteiger charge is -2.16. The Kier molecular flexibility index (Phi) is 3.58. The standard InChI is InChI=1S/C10H14ClN3O2/c1-15-7-5-14(6-8(7)16-2)10-9(11)12-3-4-13-10/h3-4,7-8H,5-6H2,1-2H3/t7-,8-/m0/s1. The summed E-state index contributed by atoms with van der Waals surface area (Å²) in [4.78, 5) is 10.2. The molecule has 0 aromatic carbocycles. The zero-order valence-electron chi connectivity index (χ0n) is 9.26.